The number of H-pyrrole nitrogens is 1. The molecule has 0 saturated heterocycles. The Morgan fingerprint density at radius 2 is 2.14 bits per heavy atom. The summed E-state index contributed by atoms with van der Waals surface area (Å²) in [4.78, 5) is 11.8. The molecular formula is C14H15N7O. The fourth-order valence-electron chi connectivity index (χ4n) is 2.06. The first-order valence-electron chi connectivity index (χ1n) is 6.87. The van der Waals surface area contributed by atoms with Gasteiger partial charge in [0, 0.05) is 6.54 Å². The number of hydrogen-bond donors (Lipinski definition) is 2. The lowest BCUT2D eigenvalue weighted by molar-refractivity contribution is 0.0944. The average Bonchev–Trinajstić information content (AvgIpc) is 3.23. The zero-order valence-electron chi connectivity index (χ0n) is 11.8. The van der Waals surface area contributed by atoms with Crippen molar-refractivity contribution in [2.75, 3.05) is 0 Å². The molecule has 3 aromatic rings. The quantitative estimate of drug-likeness (QED) is 0.692. The lowest BCUT2D eigenvalue weighted by atomic mass is 10.1. The molecule has 0 unspecified atom stereocenters. The molecule has 0 aliphatic rings. The van der Waals surface area contributed by atoms with E-state index in [2.05, 4.69) is 43.1 Å². The van der Waals surface area contributed by atoms with Gasteiger partial charge >= 0.3 is 0 Å². The van der Waals surface area contributed by atoms with Gasteiger partial charge in [-0.1, -0.05) is 30.3 Å². The van der Waals surface area contributed by atoms with Gasteiger partial charge in [-0.3, -0.25) is 4.79 Å². The summed E-state index contributed by atoms with van der Waals surface area (Å²) in [6.07, 6.45) is 3.92. The molecule has 0 bridgehead atoms. The number of carbonyl (C=O) groups is 1. The van der Waals surface area contributed by atoms with Crippen LogP contribution in [0.3, 0.4) is 0 Å². The van der Waals surface area contributed by atoms with E-state index in [1.54, 1.807) is 6.33 Å². The maximum atomic E-state index is 11.8. The number of aromatic amines is 1. The van der Waals surface area contributed by atoms with Crippen LogP contribution in [-0.2, 0) is 19.5 Å². The number of nitrogens with zero attached hydrogens (tertiary/aromatic N) is 5. The van der Waals surface area contributed by atoms with Crippen molar-refractivity contribution >= 4 is 5.91 Å². The van der Waals surface area contributed by atoms with Crippen LogP contribution in [0.25, 0.3) is 0 Å². The first-order valence-corrected chi connectivity index (χ1v) is 6.87. The molecular weight excluding hydrogens is 282 g/mol. The molecule has 0 saturated carbocycles. The molecule has 1 aromatic carbocycles. The average molecular weight is 297 g/mol. The van der Waals surface area contributed by atoms with E-state index in [4.69, 9.17) is 0 Å². The van der Waals surface area contributed by atoms with Crippen molar-refractivity contribution in [3.8, 4) is 0 Å². The topological polar surface area (TPSA) is 101 Å². The van der Waals surface area contributed by atoms with Crippen LogP contribution in [0.2, 0.25) is 0 Å². The van der Waals surface area contributed by atoms with Crippen LogP contribution < -0.4 is 5.32 Å². The van der Waals surface area contributed by atoms with Gasteiger partial charge in [-0.25, -0.2) is 0 Å². The summed E-state index contributed by atoms with van der Waals surface area (Å²) in [5.74, 6) is 0.402. The smallest absolute Gasteiger partial charge is 0.273 e. The lowest BCUT2D eigenvalue weighted by Gasteiger charge is -2.07. The number of nitrogens with one attached hydrogen (secondary N) is 2. The Morgan fingerprint density at radius 1 is 1.27 bits per heavy atom. The lowest BCUT2D eigenvalue weighted by Crippen LogP contribution is -2.25. The maximum Gasteiger partial charge on any atom is 0.273 e. The molecule has 2 aromatic heterocycles. The Kier molecular flexibility index (Phi) is 4.19. The number of rotatable bonds is 6. The number of aryl methyl sites for hydroxylation is 2. The molecule has 0 fully saturated rings. The summed E-state index contributed by atoms with van der Waals surface area (Å²) in [5.41, 5.74) is 1.49. The van der Waals surface area contributed by atoms with Gasteiger partial charge in [-0.2, -0.15) is 15.4 Å². The normalized spacial score (nSPS) is 10.5. The first kappa shape index (κ1) is 13.9. The standard InChI is InChI=1S/C14H15N7O/c22-14(12-8-16-20-18-12)15-9-13-19-17-10-21(13)7-6-11-4-2-1-3-5-11/h1-5,8,10H,6-7,9H2,(H,15,22)(H,16,18,20). The Morgan fingerprint density at radius 3 is 2.91 bits per heavy atom. The highest BCUT2D eigenvalue weighted by molar-refractivity contribution is 5.91. The molecule has 2 heterocycles. The monoisotopic (exact) mass is 297 g/mol. The zero-order valence-corrected chi connectivity index (χ0v) is 11.8. The summed E-state index contributed by atoms with van der Waals surface area (Å²) in [7, 11) is 0. The van der Waals surface area contributed by atoms with Gasteiger partial charge in [0.2, 0.25) is 0 Å². The Bertz CT molecular complexity index is 721. The second-order valence-electron chi connectivity index (χ2n) is 4.71. The van der Waals surface area contributed by atoms with Gasteiger partial charge in [-0.15, -0.1) is 10.2 Å². The van der Waals surface area contributed by atoms with Crippen LogP contribution >= 0.6 is 0 Å². The molecule has 2 N–H and O–H groups in total. The summed E-state index contributed by atoms with van der Waals surface area (Å²) in [5, 5.41) is 20.4. The van der Waals surface area contributed by atoms with Gasteiger partial charge in [0.1, 0.15) is 6.33 Å². The molecule has 8 nitrogen and oxygen atoms in total. The van der Waals surface area contributed by atoms with Crippen molar-refractivity contribution in [2.24, 2.45) is 0 Å². The second kappa shape index (κ2) is 6.61. The number of aromatic nitrogens is 6. The molecule has 0 aliphatic carbocycles. The van der Waals surface area contributed by atoms with E-state index in [1.165, 1.54) is 11.8 Å². The minimum atomic E-state index is -0.300. The molecule has 0 aliphatic heterocycles. The largest absolute Gasteiger partial charge is 0.343 e. The van der Waals surface area contributed by atoms with E-state index in [0.717, 1.165) is 13.0 Å². The van der Waals surface area contributed by atoms with Crippen molar-refractivity contribution in [1.29, 1.82) is 0 Å². The number of amides is 1. The second-order valence-corrected chi connectivity index (χ2v) is 4.71. The third-order valence-corrected chi connectivity index (χ3v) is 3.23. The Balaban J connectivity index is 1.57. The van der Waals surface area contributed by atoms with E-state index >= 15 is 0 Å². The SMILES string of the molecule is O=C(NCc1nncn1CCc1ccccc1)c1cn[nH]n1. The molecule has 0 atom stereocenters. The predicted octanol–water partition coefficient (Wildman–Crippen LogP) is 0.569. The minimum Gasteiger partial charge on any atom is -0.343 e. The van der Waals surface area contributed by atoms with Crippen LogP contribution in [0.4, 0.5) is 0 Å². The molecule has 3 rings (SSSR count). The molecule has 112 valence electrons. The molecule has 22 heavy (non-hydrogen) atoms. The van der Waals surface area contributed by atoms with Crippen molar-refractivity contribution in [3.63, 3.8) is 0 Å². The van der Waals surface area contributed by atoms with E-state index in [-0.39, 0.29) is 11.6 Å². The van der Waals surface area contributed by atoms with E-state index < -0.39 is 0 Å². The van der Waals surface area contributed by atoms with E-state index in [9.17, 15) is 4.79 Å². The molecule has 1 amide bonds. The third-order valence-electron chi connectivity index (χ3n) is 3.23. The van der Waals surface area contributed by atoms with Crippen molar-refractivity contribution in [1.82, 2.24) is 35.5 Å². The Hall–Kier alpha value is -3.03. The molecule has 0 radical (unpaired) electrons. The predicted molar refractivity (Wildman–Crippen MR) is 77.7 cm³/mol. The maximum absolute atomic E-state index is 11.8. The van der Waals surface area contributed by atoms with E-state index in [0.29, 0.717) is 12.4 Å². The van der Waals surface area contributed by atoms with Gasteiger partial charge in [-0.05, 0) is 12.0 Å². The molecule has 0 spiro atoms. The van der Waals surface area contributed by atoms with Gasteiger partial charge in [0.15, 0.2) is 11.5 Å². The number of hydrogen-bond acceptors (Lipinski definition) is 5. The third kappa shape index (κ3) is 3.35. The summed E-state index contributed by atoms with van der Waals surface area (Å²) >= 11 is 0. The summed E-state index contributed by atoms with van der Waals surface area (Å²) < 4.78 is 1.93. The van der Waals surface area contributed by atoms with Crippen molar-refractivity contribution < 1.29 is 4.79 Å². The Labute approximate surface area is 126 Å². The van der Waals surface area contributed by atoms with Gasteiger partial charge < -0.3 is 9.88 Å². The van der Waals surface area contributed by atoms with Crippen LogP contribution in [-0.4, -0.2) is 36.1 Å². The molecule has 8 heteroatoms. The zero-order chi connectivity index (χ0) is 15.2. The fourth-order valence-corrected chi connectivity index (χ4v) is 2.06. The van der Waals surface area contributed by atoms with Crippen molar-refractivity contribution in [3.05, 3.63) is 59.9 Å². The van der Waals surface area contributed by atoms with E-state index in [1.807, 2.05) is 22.8 Å². The van der Waals surface area contributed by atoms with Crippen LogP contribution in [0.1, 0.15) is 21.9 Å². The minimum absolute atomic E-state index is 0.246. The highest BCUT2D eigenvalue weighted by Gasteiger charge is 2.10. The van der Waals surface area contributed by atoms with Crippen LogP contribution in [0.5, 0.6) is 0 Å². The number of benzene rings is 1. The highest BCUT2D eigenvalue weighted by Crippen LogP contribution is 2.03. The van der Waals surface area contributed by atoms with Crippen molar-refractivity contribution in [2.45, 2.75) is 19.5 Å². The first-order chi connectivity index (χ1) is 10.8. The summed E-state index contributed by atoms with van der Waals surface area (Å²) in [6.45, 7) is 1.05. The van der Waals surface area contributed by atoms with Crippen LogP contribution in [0, 0.1) is 0 Å². The van der Waals surface area contributed by atoms with Crippen LogP contribution in [0.15, 0.2) is 42.9 Å². The van der Waals surface area contributed by atoms with Gasteiger partial charge in [0.25, 0.3) is 5.91 Å². The fraction of sp³-hybridized carbons (Fsp3) is 0.214. The highest BCUT2D eigenvalue weighted by atomic mass is 16.2. The van der Waals surface area contributed by atoms with Gasteiger partial charge in [0.05, 0.1) is 12.7 Å². The number of carbonyl (C=O) groups excluding carboxylic acids is 1. The summed E-state index contributed by atoms with van der Waals surface area (Å²) in [6, 6.07) is 10.2.